The van der Waals surface area contributed by atoms with Crippen molar-refractivity contribution < 1.29 is 19.4 Å². The van der Waals surface area contributed by atoms with Crippen molar-refractivity contribution in [2.24, 2.45) is 5.73 Å². The van der Waals surface area contributed by atoms with E-state index in [-0.39, 0.29) is 23.6 Å². The second-order valence-corrected chi connectivity index (χ2v) is 4.92. The molecule has 0 spiro atoms. The van der Waals surface area contributed by atoms with E-state index >= 15 is 0 Å². The van der Waals surface area contributed by atoms with Crippen molar-refractivity contribution in [3.63, 3.8) is 0 Å². The molecule has 0 aromatic heterocycles. The predicted molar refractivity (Wildman–Crippen MR) is 57.4 cm³/mol. The first kappa shape index (κ1) is 11.4. The third-order valence-corrected chi connectivity index (χ3v) is 3.87. The number of carboxylic acids is 1. The summed E-state index contributed by atoms with van der Waals surface area (Å²) < 4.78 is 4.92. The Bertz CT molecular complexity index is 382. The first-order valence-electron chi connectivity index (χ1n) is 4.74. The van der Waals surface area contributed by atoms with Crippen molar-refractivity contribution in [3.8, 4) is 0 Å². The first-order chi connectivity index (χ1) is 7.56. The number of amides is 1. The maximum atomic E-state index is 11.4. The van der Waals surface area contributed by atoms with Crippen molar-refractivity contribution >= 4 is 23.6 Å². The minimum absolute atomic E-state index is 0.00523. The zero-order valence-electron chi connectivity index (χ0n) is 8.67. The summed E-state index contributed by atoms with van der Waals surface area (Å²) in [5.74, 6) is -1.30. The number of methoxy groups -OCH3 is 1. The number of fused-ring (bicyclic) bond motifs is 1. The van der Waals surface area contributed by atoms with Crippen LogP contribution >= 0.6 is 11.8 Å². The smallest absolute Gasteiger partial charge is 0.352 e. The van der Waals surface area contributed by atoms with Gasteiger partial charge in [0.15, 0.2) is 0 Å². The molecule has 2 atom stereocenters. The molecular formula is C9H12N2O4S. The highest BCUT2D eigenvalue weighted by atomic mass is 32.2. The minimum atomic E-state index is -1.12. The number of hydrogen-bond donors (Lipinski definition) is 2. The molecular weight excluding hydrogens is 232 g/mol. The second kappa shape index (κ2) is 4.08. The van der Waals surface area contributed by atoms with Crippen LogP contribution in [-0.4, -0.2) is 46.3 Å². The van der Waals surface area contributed by atoms with E-state index in [0.29, 0.717) is 12.0 Å². The van der Waals surface area contributed by atoms with E-state index in [9.17, 15) is 9.59 Å². The normalized spacial score (nSPS) is 28.9. The molecule has 1 unspecified atom stereocenters. The molecule has 0 saturated carbocycles. The average molecular weight is 244 g/mol. The van der Waals surface area contributed by atoms with Gasteiger partial charge in [0.1, 0.15) is 5.70 Å². The van der Waals surface area contributed by atoms with Crippen molar-refractivity contribution in [3.05, 3.63) is 11.3 Å². The summed E-state index contributed by atoms with van der Waals surface area (Å²) in [6.07, 6.45) is 0.357. The largest absolute Gasteiger partial charge is 0.477 e. The number of nitrogens with two attached hydrogens (primary N) is 1. The van der Waals surface area contributed by atoms with E-state index in [0.717, 1.165) is 0 Å². The number of thioether (sulfide) groups is 1. The van der Waals surface area contributed by atoms with E-state index in [1.165, 1.54) is 23.8 Å². The maximum Gasteiger partial charge on any atom is 0.352 e. The summed E-state index contributed by atoms with van der Waals surface area (Å²) in [6.45, 7) is 0.131. The summed E-state index contributed by atoms with van der Waals surface area (Å²) in [4.78, 5) is 23.8. The lowest BCUT2D eigenvalue weighted by Gasteiger charge is -2.45. The minimum Gasteiger partial charge on any atom is -0.477 e. The third kappa shape index (κ3) is 1.60. The first-order valence-corrected chi connectivity index (χ1v) is 5.69. The topological polar surface area (TPSA) is 92.9 Å². The van der Waals surface area contributed by atoms with E-state index in [1.54, 1.807) is 0 Å². The van der Waals surface area contributed by atoms with Gasteiger partial charge < -0.3 is 15.6 Å². The lowest BCUT2D eigenvalue weighted by molar-refractivity contribution is -0.146. The molecule has 0 bridgehead atoms. The number of rotatable bonds is 3. The number of nitrogens with zero attached hydrogens (tertiary/aromatic N) is 1. The second-order valence-electron chi connectivity index (χ2n) is 3.59. The van der Waals surface area contributed by atoms with Crippen LogP contribution in [0.2, 0.25) is 0 Å². The fourth-order valence-corrected chi connectivity index (χ4v) is 3.12. The Morgan fingerprint density at radius 3 is 2.94 bits per heavy atom. The molecule has 1 fully saturated rings. The van der Waals surface area contributed by atoms with Gasteiger partial charge in [0.2, 0.25) is 5.91 Å². The van der Waals surface area contributed by atoms with E-state index < -0.39 is 11.3 Å². The highest BCUT2D eigenvalue weighted by Gasteiger charge is 2.47. The molecule has 2 aliphatic heterocycles. The van der Waals surface area contributed by atoms with Crippen LogP contribution in [-0.2, 0) is 14.3 Å². The monoisotopic (exact) mass is 244 g/mol. The molecule has 0 aliphatic carbocycles. The Hall–Kier alpha value is -1.05. The molecule has 1 saturated heterocycles. The molecule has 0 aromatic rings. The summed E-state index contributed by atoms with van der Waals surface area (Å²) in [5.41, 5.74) is 6.31. The van der Waals surface area contributed by atoms with Gasteiger partial charge in [0.05, 0.1) is 23.8 Å². The van der Waals surface area contributed by atoms with Crippen LogP contribution in [0.15, 0.2) is 11.3 Å². The van der Waals surface area contributed by atoms with Gasteiger partial charge in [-0.05, 0) is 0 Å². The zero-order chi connectivity index (χ0) is 11.9. The molecule has 16 heavy (non-hydrogen) atoms. The van der Waals surface area contributed by atoms with E-state index in [1.807, 2.05) is 0 Å². The van der Waals surface area contributed by atoms with E-state index in [4.69, 9.17) is 15.6 Å². The van der Waals surface area contributed by atoms with Crippen LogP contribution in [0.3, 0.4) is 0 Å². The number of β-lactam (4-membered cyclic amide) rings is 1. The Morgan fingerprint density at radius 1 is 1.75 bits per heavy atom. The van der Waals surface area contributed by atoms with Crippen molar-refractivity contribution in [2.45, 2.75) is 17.2 Å². The van der Waals surface area contributed by atoms with Gasteiger partial charge in [-0.2, -0.15) is 0 Å². The number of carboxylic acid groups (broad SMARTS) is 1. The van der Waals surface area contributed by atoms with Crippen LogP contribution in [0, 0.1) is 0 Å². The molecule has 88 valence electrons. The fourth-order valence-electron chi connectivity index (χ4n) is 1.85. The quantitative estimate of drug-likeness (QED) is 0.654. The molecule has 0 radical (unpaired) electrons. The van der Waals surface area contributed by atoms with Crippen molar-refractivity contribution in [2.75, 3.05) is 13.7 Å². The molecule has 6 nitrogen and oxygen atoms in total. The van der Waals surface area contributed by atoms with Gasteiger partial charge in [-0.1, -0.05) is 0 Å². The predicted octanol–water partition coefficient (Wildman–Crippen LogP) is -0.439. The van der Waals surface area contributed by atoms with Crippen LogP contribution in [0.25, 0.3) is 0 Å². The molecule has 7 heteroatoms. The maximum absolute atomic E-state index is 11.4. The van der Waals surface area contributed by atoms with Gasteiger partial charge in [0.25, 0.3) is 0 Å². The van der Waals surface area contributed by atoms with Crippen molar-refractivity contribution in [1.29, 1.82) is 0 Å². The van der Waals surface area contributed by atoms with Gasteiger partial charge in [0, 0.05) is 12.7 Å². The fraction of sp³-hybridized carbons (Fsp3) is 0.556. The summed E-state index contributed by atoms with van der Waals surface area (Å²) >= 11 is 1.39. The van der Waals surface area contributed by atoms with Crippen LogP contribution < -0.4 is 5.73 Å². The molecule has 2 heterocycles. The Morgan fingerprint density at radius 2 is 2.44 bits per heavy atom. The Labute approximate surface area is 96.4 Å². The lowest BCUT2D eigenvalue weighted by atomic mass is 10.1. The zero-order valence-corrected chi connectivity index (χ0v) is 9.49. The lowest BCUT2D eigenvalue weighted by Crippen LogP contribution is -2.56. The van der Waals surface area contributed by atoms with Crippen LogP contribution in [0.1, 0.15) is 6.42 Å². The number of hydrogen-bond acceptors (Lipinski definition) is 5. The molecule has 2 aliphatic rings. The number of ether oxygens (including phenoxy) is 1. The average Bonchev–Trinajstić information content (AvgIpc) is 2.20. The molecule has 1 amide bonds. The molecule has 3 N–H and O–H groups in total. The summed E-state index contributed by atoms with van der Waals surface area (Å²) in [5, 5.41) is 8.57. The standard InChI is InChI=1S/C9H12N2O4S/c1-15-3-4-7(9(13)14)11-5(12)2-6(11)16-8(4)10/h6,8H,2-3,10H2,1H3,(H,13,14)/t6-,8?/m1/s1. The number of aliphatic carboxylic acids is 1. The van der Waals surface area contributed by atoms with Gasteiger partial charge in [-0.25, -0.2) is 4.79 Å². The highest BCUT2D eigenvalue weighted by Crippen LogP contribution is 2.42. The summed E-state index contributed by atoms with van der Waals surface area (Å²) in [7, 11) is 1.47. The summed E-state index contributed by atoms with van der Waals surface area (Å²) in [6, 6.07) is 0. The van der Waals surface area contributed by atoms with Crippen LogP contribution in [0.4, 0.5) is 0 Å². The SMILES string of the molecule is COCC1=C(C(=O)O)N2C(=O)C[C@H]2SC1N. The van der Waals surface area contributed by atoms with E-state index in [2.05, 4.69) is 0 Å². The van der Waals surface area contributed by atoms with Crippen molar-refractivity contribution in [1.82, 2.24) is 4.90 Å². The number of carbonyl (C=O) groups excluding carboxylic acids is 1. The molecule has 0 aromatic carbocycles. The van der Waals surface area contributed by atoms with Gasteiger partial charge in [-0.15, -0.1) is 11.8 Å². The highest BCUT2D eigenvalue weighted by molar-refractivity contribution is 8.00. The van der Waals surface area contributed by atoms with Gasteiger partial charge >= 0.3 is 5.97 Å². The van der Waals surface area contributed by atoms with Gasteiger partial charge in [-0.3, -0.25) is 9.69 Å². The Kier molecular flexibility index (Phi) is 2.92. The third-order valence-electron chi connectivity index (χ3n) is 2.60. The Balaban J connectivity index is 2.40. The molecule has 2 rings (SSSR count). The van der Waals surface area contributed by atoms with Crippen LogP contribution in [0.5, 0.6) is 0 Å². The number of carbonyl (C=O) groups is 2.